The summed E-state index contributed by atoms with van der Waals surface area (Å²) < 4.78 is 7.79. The number of hydrogen-bond acceptors (Lipinski definition) is 6. The van der Waals surface area contributed by atoms with Crippen molar-refractivity contribution in [3.8, 4) is 0 Å². The number of hydrogen-bond donors (Lipinski definition) is 3. The van der Waals surface area contributed by atoms with Crippen LogP contribution in [0.3, 0.4) is 0 Å². The van der Waals surface area contributed by atoms with Gasteiger partial charge in [-0.3, -0.25) is 0 Å². The van der Waals surface area contributed by atoms with Gasteiger partial charge in [0.05, 0.1) is 0 Å². The number of aliphatic hydroxyl groups excluding tert-OH is 2. The standard InChI is InChI=1S/C15H25N3O4PSe/c1-16-7-9-8-18(15(24)17-13(9)21)14-12(20)11(19)10(22-14)5-6-23(2,3)4/h8,10-12,14,16,19-20H,2,5-7H2,1,3-4H3/t10-,11-,12?,14-/m1/s1. The summed E-state index contributed by atoms with van der Waals surface area (Å²) in [4.78, 5) is 15.8. The number of nitrogens with one attached hydrogen (secondary N) is 1. The summed E-state index contributed by atoms with van der Waals surface area (Å²) in [5.74, 6) is 0. The predicted molar refractivity (Wildman–Crippen MR) is 97.9 cm³/mol. The summed E-state index contributed by atoms with van der Waals surface area (Å²) in [6, 6.07) is 0. The molecule has 1 fully saturated rings. The summed E-state index contributed by atoms with van der Waals surface area (Å²) in [6.07, 6.45) is 3.97. The summed E-state index contributed by atoms with van der Waals surface area (Å²) in [6.45, 7) is 3.37. The van der Waals surface area contributed by atoms with Crippen LogP contribution in [0.4, 0.5) is 0 Å². The van der Waals surface area contributed by atoms with Gasteiger partial charge in [-0.1, -0.05) is 0 Å². The number of rotatable bonds is 6. The third-order valence-corrected chi connectivity index (χ3v) is 6.09. The quantitative estimate of drug-likeness (QED) is 0.381. The minimum atomic E-state index is -1.24. The zero-order valence-electron chi connectivity index (χ0n) is 14.2. The average molecular weight is 421 g/mol. The van der Waals surface area contributed by atoms with Gasteiger partial charge in [0, 0.05) is 0 Å². The van der Waals surface area contributed by atoms with Crippen molar-refractivity contribution in [3.05, 3.63) is 22.1 Å². The van der Waals surface area contributed by atoms with Crippen molar-refractivity contribution in [2.75, 3.05) is 26.5 Å². The van der Waals surface area contributed by atoms with Crippen LogP contribution in [0.2, 0.25) is 0 Å². The summed E-state index contributed by atoms with van der Waals surface area (Å²) >= 11 is 2.72. The maximum atomic E-state index is 11.9. The van der Waals surface area contributed by atoms with E-state index in [-0.39, 0.29) is 5.56 Å². The second-order valence-electron chi connectivity index (χ2n) is 6.79. The second-order valence-corrected chi connectivity index (χ2v) is 11.9. The molecule has 0 amide bonds. The van der Waals surface area contributed by atoms with Gasteiger partial charge in [0.1, 0.15) is 0 Å². The van der Waals surface area contributed by atoms with Crippen molar-refractivity contribution in [2.24, 2.45) is 0 Å². The molecule has 1 aromatic rings. The van der Waals surface area contributed by atoms with Crippen LogP contribution in [0, 0.1) is 0 Å². The topological polar surface area (TPSA) is 96.6 Å². The van der Waals surface area contributed by atoms with E-state index in [1.165, 1.54) is 0 Å². The SMILES string of the molecule is C=P(C)(C)CC[C@H]1O[C@@H](n2cc(CNC)c(=O)nc2[Se])C(O)[C@@H]1O. The van der Waals surface area contributed by atoms with Crippen molar-refractivity contribution in [2.45, 2.75) is 37.5 Å². The molecular formula is C15H25N3O4PSe. The molecule has 4 atom stereocenters. The van der Waals surface area contributed by atoms with Crippen molar-refractivity contribution >= 4 is 33.9 Å². The van der Waals surface area contributed by atoms with Crippen molar-refractivity contribution in [1.82, 2.24) is 14.9 Å². The monoisotopic (exact) mass is 422 g/mol. The number of aromatic nitrogens is 2. The first-order valence-corrected chi connectivity index (χ1v) is 11.7. The van der Waals surface area contributed by atoms with E-state index in [4.69, 9.17) is 4.74 Å². The number of ether oxygens (including phenoxy) is 1. The van der Waals surface area contributed by atoms with Gasteiger partial charge < -0.3 is 0 Å². The molecule has 0 bridgehead atoms. The van der Waals surface area contributed by atoms with E-state index in [2.05, 4.69) is 45.9 Å². The van der Waals surface area contributed by atoms with Gasteiger partial charge in [0.15, 0.2) is 0 Å². The van der Waals surface area contributed by atoms with Crippen molar-refractivity contribution in [3.63, 3.8) is 0 Å². The van der Waals surface area contributed by atoms with E-state index in [1.807, 2.05) is 0 Å². The zero-order chi connectivity index (χ0) is 18.1. The molecule has 0 saturated carbocycles. The number of aliphatic hydroxyl groups is 2. The second kappa shape index (κ2) is 7.83. The molecule has 0 aromatic carbocycles. The molecule has 24 heavy (non-hydrogen) atoms. The molecule has 0 aliphatic carbocycles. The predicted octanol–water partition coefficient (Wildman–Crippen LogP) is -1.52. The molecule has 9 heteroatoms. The normalized spacial score (nSPS) is 27.5. The summed E-state index contributed by atoms with van der Waals surface area (Å²) in [5, 5.41) is 23.6. The van der Waals surface area contributed by atoms with Crippen LogP contribution < -0.4 is 15.6 Å². The number of nitrogens with zero attached hydrogens (tertiary/aromatic N) is 2. The molecule has 7 nitrogen and oxygen atoms in total. The molecule has 1 unspecified atom stereocenters. The molecule has 1 aromatic heterocycles. The first-order chi connectivity index (χ1) is 11.1. The van der Waals surface area contributed by atoms with Crippen LogP contribution in [0.1, 0.15) is 18.2 Å². The third kappa shape index (κ3) is 4.58. The van der Waals surface area contributed by atoms with Gasteiger partial charge in [-0.2, -0.15) is 0 Å². The fraction of sp³-hybridized carbons (Fsp3) is 0.667. The molecule has 1 radical (unpaired) electrons. The van der Waals surface area contributed by atoms with Gasteiger partial charge in [-0.15, -0.1) is 0 Å². The molecule has 1 saturated heterocycles. The van der Waals surface area contributed by atoms with Gasteiger partial charge >= 0.3 is 150 Å². The summed E-state index contributed by atoms with van der Waals surface area (Å²) in [5.41, 5.74) is 0.137. The molecule has 3 N–H and O–H groups in total. The Morgan fingerprint density at radius 2 is 2.12 bits per heavy atom. The molecule has 1 aliphatic rings. The first-order valence-electron chi connectivity index (χ1n) is 7.76. The van der Waals surface area contributed by atoms with E-state index in [9.17, 15) is 15.0 Å². The van der Waals surface area contributed by atoms with Crippen LogP contribution in [0.25, 0.3) is 0 Å². The van der Waals surface area contributed by atoms with E-state index in [0.717, 1.165) is 6.16 Å². The zero-order valence-corrected chi connectivity index (χ0v) is 16.8. The molecule has 1 aliphatic heterocycles. The van der Waals surface area contributed by atoms with E-state index < -0.39 is 31.4 Å². The van der Waals surface area contributed by atoms with Crippen LogP contribution in [0.15, 0.2) is 11.0 Å². The van der Waals surface area contributed by atoms with Crippen LogP contribution in [-0.4, -0.2) is 86.9 Å². The van der Waals surface area contributed by atoms with E-state index >= 15 is 0 Å². The Morgan fingerprint density at radius 3 is 2.71 bits per heavy atom. The Labute approximate surface area is 150 Å². The van der Waals surface area contributed by atoms with E-state index in [0.29, 0.717) is 23.3 Å². The van der Waals surface area contributed by atoms with Crippen LogP contribution in [0.5, 0.6) is 0 Å². The van der Waals surface area contributed by atoms with Crippen LogP contribution >= 0.6 is 6.89 Å². The summed E-state index contributed by atoms with van der Waals surface area (Å²) in [7, 11) is 1.74. The Bertz CT molecular complexity index is 690. The van der Waals surface area contributed by atoms with E-state index in [1.54, 1.807) is 17.8 Å². The van der Waals surface area contributed by atoms with Crippen LogP contribution in [-0.2, 0) is 11.3 Å². The third-order valence-electron chi connectivity index (χ3n) is 3.99. The molecule has 135 valence electrons. The van der Waals surface area contributed by atoms with Gasteiger partial charge in [0.25, 0.3) is 0 Å². The van der Waals surface area contributed by atoms with Crippen molar-refractivity contribution < 1.29 is 14.9 Å². The molecule has 2 rings (SSSR count). The van der Waals surface area contributed by atoms with Gasteiger partial charge in [0.2, 0.25) is 0 Å². The Hall–Kier alpha value is -0.461. The molecule has 2 heterocycles. The fourth-order valence-corrected chi connectivity index (χ4v) is 4.12. The minimum absolute atomic E-state index is 0.321. The first kappa shape index (κ1) is 19.9. The fourth-order valence-electron chi connectivity index (χ4n) is 2.66. The molecule has 0 spiro atoms. The van der Waals surface area contributed by atoms with Crippen molar-refractivity contribution in [1.29, 1.82) is 0 Å². The Kier molecular flexibility index (Phi) is 6.48. The Balaban J connectivity index is 2.24. The average Bonchev–Trinajstić information content (AvgIpc) is 2.75. The van der Waals surface area contributed by atoms with Gasteiger partial charge in [-0.05, 0) is 0 Å². The maximum absolute atomic E-state index is 11.9. The Morgan fingerprint density at radius 1 is 1.46 bits per heavy atom. The molecular weight excluding hydrogens is 396 g/mol. The van der Waals surface area contributed by atoms with Gasteiger partial charge in [-0.25, -0.2) is 0 Å².